The van der Waals surface area contributed by atoms with Gasteiger partial charge in [-0.1, -0.05) is 30.3 Å². The highest BCUT2D eigenvalue weighted by molar-refractivity contribution is 5.14. The van der Waals surface area contributed by atoms with E-state index in [2.05, 4.69) is 23.5 Å². The summed E-state index contributed by atoms with van der Waals surface area (Å²) in [6.07, 6.45) is 1.57. The Morgan fingerprint density at radius 3 is 2.69 bits per heavy atom. The van der Waals surface area contributed by atoms with Crippen molar-refractivity contribution in [2.75, 3.05) is 6.54 Å². The number of nitriles is 1. The molecule has 1 aromatic carbocycles. The van der Waals surface area contributed by atoms with E-state index in [1.807, 2.05) is 18.2 Å². The maximum atomic E-state index is 8.30. The lowest BCUT2D eigenvalue weighted by Crippen LogP contribution is -2.14. The van der Waals surface area contributed by atoms with Crippen molar-refractivity contribution in [2.45, 2.75) is 19.4 Å². The topological polar surface area (TPSA) is 35.8 Å². The van der Waals surface area contributed by atoms with Crippen LogP contribution in [0.4, 0.5) is 0 Å². The monoisotopic (exact) mass is 174 g/mol. The first-order chi connectivity index (χ1) is 6.43. The molecule has 0 unspecified atom stereocenters. The van der Waals surface area contributed by atoms with E-state index in [-0.39, 0.29) is 0 Å². The van der Waals surface area contributed by atoms with Crippen LogP contribution in [0.2, 0.25) is 0 Å². The zero-order valence-corrected chi connectivity index (χ0v) is 7.66. The SMILES string of the molecule is N#CCCCNCc1ccccc1. The normalized spacial score (nSPS) is 9.46. The summed E-state index contributed by atoms with van der Waals surface area (Å²) in [6.45, 7) is 1.81. The molecule has 0 fully saturated rings. The lowest BCUT2D eigenvalue weighted by atomic mass is 10.2. The summed E-state index contributed by atoms with van der Waals surface area (Å²) >= 11 is 0. The first-order valence-electron chi connectivity index (χ1n) is 4.55. The molecule has 0 aliphatic rings. The summed E-state index contributed by atoms with van der Waals surface area (Å²) in [7, 11) is 0. The van der Waals surface area contributed by atoms with Crippen LogP contribution in [-0.2, 0) is 6.54 Å². The molecular formula is C11H14N2. The molecule has 0 aromatic heterocycles. The largest absolute Gasteiger partial charge is 0.313 e. The van der Waals surface area contributed by atoms with Gasteiger partial charge in [-0.2, -0.15) is 5.26 Å². The Hall–Kier alpha value is -1.33. The zero-order valence-electron chi connectivity index (χ0n) is 7.66. The molecule has 0 amide bonds. The van der Waals surface area contributed by atoms with Gasteiger partial charge in [0.25, 0.3) is 0 Å². The van der Waals surface area contributed by atoms with Crippen LogP contribution in [0.5, 0.6) is 0 Å². The van der Waals surface area contributed by atoms with E-state index < -0.39 is 0 Å². The first-order valence-corrected chi connectivity index (χ1v) is 4.55. The molecule has 0 aliphatic heterocycles. The van der Waals surface area contributed by atoms with Gasteiger partial charge in [0.2, 0.25) is 0 Å². The Kier molecular flexibility index (Phi) is 4.66. The maximum Gasteiger partial charge on any atom is 0.0622 e. The standard InChI is InChI=1S/C11H14N2/c12-8-4-5-9-13-10-11-6-2-1-3-7-11/h1-3,6-7,13H,4-5,9-10H2. The first kappa shape index (κ1) is 9.76. The van der Waals surface area contributed by atoms with Crippen LogP contribution >= 0.6 is 0 Å². The van der Waals surface area contributed by atoms with Gasteiger partial charge in [-0.25, -0.2) is 0 Å². The van der Waals surface area contributed by atoms with Crippen molar-refractivity contribution in [1.29, 1.82) is 5.26 Å². The highest BCUT2D eigenvalue weighted by atomic mass is 14.8. The summed E-state index contributed by atoms with van der Waals surface area (Å²) in [6, 6.07) is 12.4. The van der Waals surface area contributed by atoms with Gasteiger partial charge in [0, 0.05) is 13.0 Å². The van der Waals surface area contributed by atoms with Crippen molar-refractivity contribution in [3.63, 3.8) is 0 Å². The van der Waals surface area contributed by atoms with E-state index in [1.165, 1.54) is 5.56 Å². The predicted octanol–water partition coefficient (Wildman–Crippen LogP) is 2.08. The molecule has 0 saturated heterocycles. The average molecular weight is 174 g/mol. The number of nitrogens with zero attached hydrogens (tertiary/aromatic N) is 1. The molecule has 1 aromatic rings. The number of benzene rings is 1. The van der Waals surface area contributed by atoms with Crippen molar-refractivity contribution in [3.05, 3.63) is 35.9 Å². The molecule has 68 valence electrons. The van der Waals surface area contributed by atoms with E-state index in [4.69, 9.17) is 5.26 Å². The van der Waals surface area contributed by atoms with Crippen molar-refractivity contribution in [3.8, 4) is 6.07 Å². The molecule has 13 heavy (non-hydrogen) atoms. The Labute approximate surface area is 79.2 Å². The van der Waals surface area contributed by atoms with E-state index in [0.717, 1.165) is 19.5 Å². The van der Waals surface area contributed by atoms with Crippen LogP contribution in [0.3, 0.4) is 0 Å². The van der Waals surface area contributed by atoms with E-state index in [1.54, 1.807) is 0 Å². The van der Waals surface area contributed by atoms with Gasteiger partial charge in [0.15, 0.2) is 0 Å². The van der Waals surface area contributed by atoms with Crippen LogP contribution in [-0.4, -0.2) is 6.54 Å². The van der Waals surface area contributed by atoms with Gasteiger partial charge in [0.1, 0.15) is 0 Å². The number of hydrogen-bond acceptors (Lipinski definition) is 2. The molecule has 2 nitrogen and oxygen atoms in total. The number of nitrogens with one attached hydrogen (secondary N) is 1. The Morgan fingerprint density at radius 1 is 1.23 bits per heavy atom. The van der Waals surface area contributed by atoms with E-state index in [0.29, 0.717) is 6.42 Å². The van der Waals surface area contributed by atoms with Crippen LogP contribution < -0.4 is 5.32 Å². The van der Waals surface area contributed by atoms with Crippen molar-refractivity contribution < 1.29 is 0 Å². The van der Waals surface area contributed by atoms with Crippen molar-refractivity contribution in [1.82, 2.24) is 5.32 Å². The second kappa shape index (κ2) is 6.22. The Balaban J connectivity index is 2.11. The zero-order chi connectivity index (χ0) is 9.36. The van der Waals surface area contributed by atoms with Crippen LogP contribution in [0, 0.1) is 11.3 Å². The van der Waals surface area contributed by atoms with Gasteiger partial charge >= 0.3 is 0 Å². The van der Waals surface area contributed by atoms with Crippen molar-refractivity contribution >= 4 is 0 Å². The van der Waals surface area contributed by atoms with Crippen molar-refractivity contribution in [2.24, 2.45) is 0 Å². The minimum absolute atomic E-state index is 0.641. The predicted molar refractivity (Wildman–Crippen MR) is 53.0 cm³/mol. The molecule has 1 N–H and O–H groups in total. The van der Waals surface area contributed by atoms with Gasteiger partial charge in [-0.05, 0) is 18.5 Å². The molecule has 1 rings (SSSR count). The summed E-state index contributed by atoms with van der Waals surface area (Å²) in [5, 5.41) is 11.6. The molecule has 0 bridgehead atoms. The van der Waals surface area contributed by atoms with E-state index in [9.17, 15) is 0 Å². The third-order valence-electron chi connectivity index (χ3n) is 1.81. The van der Waals surface area contributed by atoms with Gasteiger partial charge in [0.05, 0.1) is 6.07 Å². The number of hydrogen-bond donors (Lipinski definition) is 1. The molecule has 0 radical (unpaired) electrons. The smallest absolute Gasteiger partial charge is 0.0622 e. The molecule has 0 saturated carbocycles. The second-order valence-electron chi connectivity index (χ2n) is 2.92. The average Bonchev–Trinajstić information content (AvgIpc) is 2.19. The molecule has 0 atom stereocenters. The molecule has 0 heterocycles. The summed E-state index contributed by atoms with van der Waals surface area (Å²) in [4.78, 5) is 0. The lowest BCUT2D eigenvalue weighted by Gasteiger charge is -2.02. The lowest BCUT2D eigenvalue weighted by molar-refractivity contribution is 0.657. The summed E-state index contributed by atoms with van der Waals surface area (Å²) in [5.41, 5.74) is 1.29. The van der Waals surface area contributed by atoms with Gasteiger partial charge in [-0.15, -0.1) is 0 Å². The fraction of sp³-hybridized carbons (Fsp3) is 0.364. The van der Waals surface area contributed by atoms with Gasteiger partial charge in [-0.3, -0.25) is 0 Å². The summed E-state index contributed by atoms with van der Waals surface area (Å²) < 4.78 is 0. The minimum atomic E-state index is 0.641. The Morgan fingerprint density at radius 2 is 2.00 bits per heavy atom. The highest BCUT2D eigenvalue weighted by Crippen LogP contribution is 1.97. The third kappa shape index (κ3) is 4.29. The molecule has 0 aliphatic carbocycles. The highest BCUT2D eigenvalue weighted by Gasteiger charge is 1.89. The Bertz CT molecular complexity index is 261. The number of unbranched alkanes of at least 4 members (excludes halogenated alkanes) is 1. The molecule has 2 heteroatoms. The quantitative estimate of drug-likeness (QED) is 0.694. The second-order valence-corrected chi connectivity index (χ2v) is 2.92. The molecule has 0 spiro atoms. The van der Waals surface area contributed by atoms with Gasteiger partial charge < -0.3 is 5.32 Å². The fourth-order valence-corrected chi connectivity index (χ4v) is 1.12. The van der Waals surface area contributed by atoms with Crippen LogP contribution in [0.25, 0.3) is 0 Å². The van der Waals surface area contributed by atoms with Crippen LogP contribution in [0.1, 0.15) is 18.4 Å². The minimum Gasteiger partial charge on any atom is -0.313 e. The van der Waals surface area contributed by atoms with E-state index >= 15 is 0 Å². The molecular weight excluding hydrogens is 160 g/mol. The fourth-order valence-electron chi connectivity index (χ4n) is 1.12. The number of rotatable bonds is 5. The maximum absolute atomic E-state index is 8.30. The third-order valence-corrected chi connectivity index (χ3v) is 1.81. The van der Waals surface area contributed by atoms with Crippen LogP contribution in [0.15, 0.2) is 30.3 Å². The summed E-state index contributed by atoms with van der Waals surface area (Å²) in [5.74, 6) is 0.